The number of halogens is 2. The molecule has 0 heterocycles. The van der Waals surface area contributed by atoms with Crippen LogP contribution in [0.25, 0.3) is 0 Å². The predicted octanol–water partition coefficient (Wildman–Crippen LogP) is 3.99. The van der Waals surface area contributed by atoms with Gasteiger partial charge in [0.25, 0.3) is 0 Å². The van der Waals surface area contributed by atoms with Gasteiger partial charge in [-0.15, -0.1) is 0 Å². The summed E-state index contributed by atoms with van der Waals surface area (Å²) in [5.74, 6) is 0.888. The molecule has 1 nitrogen and oxygen atoms in total. The van der Waals surface area contributed by atoms with Crippen molar-refractivity contribution in [1.29, 1.82) is 0 Å². The third kappa shape index (κ3) is 3.20. The van der Waals surface area contributed by atoms with Crippen LogP contribution in [-0.4, -0.2) is 6.04 Å². The van der Waals surface area contributed by atoms with Gasteiger partial charge in [-0.1, -0.05) is 33.6 Å². The van der Waals surface area contributed by atoms with E-state index in [0.717, 1.165) is 22.0 Å². The van der Waals surface area contributed by atoms with Gasteiger partial charge in [-0.3, -0.25) is 0 Å². The number of hydrogen-bond donors (Lipinski definition) is 1. The lowest BCUT2D eigenvalue weighted by Gasteiger charge is -2.13. The van der Waals surface area contributed by atoms with Gasteiger partial charge in [0.2, 0.25) is 0 Å². The van der Waals surface area contributed by atoms with Gasteiger partial charge >= 0.3 is 0 Å². The lowest BCUT2D eigenvalue weighted by atomic mass is 10.2. The van der Waals surface area contributed by atoms with Gasteiger partial charge in [0.15, 0.2) is 0 Å². The van der Waals surface area contributed by atoms with Crippen molar-refractivity contribution in [1.82, 2.24) is 5.32 Å². The Bertz CT molecular complexity index is 349. The Morgan fingerprint density at radius 2 is 2.27 bits per heavy atom. The summed E-state index contributed by atoms with van der Waals surface area (Å²) in [6.07, 6.45) is 2.75. The summed E-state index contributed by atoms with van der Waals surface area (Å²) in [7, 11) is 0. The molecule has 1 aliphatic rings. The van der Waals surface area contributed by atoms with Crippen LogP contribution >= 0.6 is 27.5 Å². The van der Waals surface area contributed by atoms with Crippen LogP contribution in [0.1, 0.15) is 25.3 Å². The molecule has 0 bridgehead atoms. The second kappa shape index (κ2) is 4.86. The van der Waals surface area contributed by atoms with Gasteiger partial charge in [-0.25, -0.2) is 0 Å². The minimum atomic E-state index is 0.615. The van der Waals surface area contributed by atoms with E-state index in [1.54, 1.807) is 0 Å². The second-order valence-corrected chi connectivity index (χ2v) is 5.57. The van der Waals surface area contributed by atoms with Crippen molar-refractivity contribution in [3.05, 3.63) is 33.3 Å². The molecule has 1 aliphatic carbocycles. The summed E-state index contributed by atoms with van der Waals surface area (Å²) in [5, 5.41) is 4.35. The van der Waals surface area contributed by atoms with Crippen LogP contribution in [0.5, 0.6) is 0 Å². The molecule has 1 atom stereocenters. The molecule has 82 valence electrons. The van der Waals surface area contributed by atoms with E-state index >= 15 is 0 Å². The van der Waals surface area contributed by atoms with E-state index in [1.807, 2.05) is 12.1 Å². The van der Waals surface area contributed by atoms with Crippen molar-refractivity contribution in [3.63, 3.8) is 0 Å². The van der Waals surface area contributed by atoms with Crippen molar-refractivity contribution >= 4 is 27.5 Å². The van der Waals surface area contributed by atoms with Gasteiger partial charge in [0, 0.05) is 22.1 Å². The summed E-state index contributed by atoms with van der Waals surface area (Å²) in [5.41, 5.74) is 1.17. The predicted molar refractivity (Wildman–Crippen MR) is 68.2 cm³/mol. The Balaban J connectivity index is 1.92. The summed E-state index contributed by atoms with van der Waals surface area (Å²) in [6, 6.07) is 6.66. The van der Waals surface area contributed by atoms with E-state index < -0.39 is 0 Å². The Kier molecular flexibility index (Phi) is 3.70. The standard InChI is InChI=1S/C12H15BrClN/c1-8(9-2-3-9)15-7-10-4-5-11(13)6-12(10)14/h4-6,8-9,15H,2-3,7H2,1H3. The normalized spacial score (nSPS) is 17.8. The molecule has 1 N–H and O–H groups in total. The first-order chi connectivity index (χ1) is 7.16. The largest absolute Gasteiger partial charge is 0.310 e. The first kappa shape index (κ1) is 11.4. The average molecular weight is 289 g/mol. The first-order valence-corrected chi connectivity index (χ1v) is 6.51. The van der Waals surface area contributed by atoms with Crippen molar-refractivity contribution in [2.75, 3.05) is 0 Å². The van der Waals surface area contributed by atoms with Gasteiger partial charge in [0.1, 0.15) is 0 Å². The molecule has 2 rings (SSSR count). The molecule has 0 amide bonds. The lowest BCUT2D eigenvalue weighted by molar-refractivity contribution is 0.496. The average Bonchev–Trinajstić information content (AvgIpc) is 2.99. The van der Waals surface area contributed by atoms with Gasteiger partial charge in [-0.05, 0) is 43.4 Å². The second-order valence-electron chi connectivity index (χ2n) is 4.24. The highest BCUT2D eigenvalue weighted by Gasteiger charge is 2.27. The molecule has 1 unspecified atom stereocenters. The van der Waals surface area contributed by atoms with Crippen LogP contribution in [0, 0.1) is 5.92 Å². The zero-order valence-corrected chi connectivity index (χ0v) is 11.1. The summed E-state index contributed by atoms with van der Waals surface area (Å²) < 4.78 is 1.03. The molecule has 3 heteroatoms. The Morgan fingerprint density at radius 3 is 2.87 bits per heavy atom. The van der Waals surface area contributed by atoms with Crippen molar-refractivity contribution in [2.24, 2.45) is 5.92 Å². The lowest BCUT2D eigenvalue weighted by Crippen LogP contribution is -2.27. The number of nitrogens with one attached hydrogen (secondary N) is 1. The van der Waals surface area contributed by atoms with E-state index in [0.29, 0.717) is 6.04 Å². The van der Waals surface area contributed by atoms with E-state index in [9.17, 15) is 0 Å². The SMILES string of the molecule is CC(NCc1ccc(Br)cc1Cl)C1CC1. The van der Waals surface area contributed by atoms with Crippen LogP contribution in [0.15, 0.2) is 22.7 Å². The molecule has 1 aromatic rings. The smallest absolute Gasteiger partial charge is 0.0462 e. The first-order valence-electron chi connectivity index (χ1n) is 5.34. The molecule has 0 aliphatic heterocycles. The monoisotopic (exact) mass is 287 g/mol. The van der Waals surface area contributed by atoms with Gasteiger partial charge in [-0.2, -0.15) is 0 Å². The van der Waals surface area contributed by atoms with E-state index in [4.69, 9.17) is 11.6 Å². The van der Waals surface area contributed by atoms with Crippen LogP contribution in [-0.2, 0) is 6.54 Å². The maximum atomic E-state index is 6.14. The topological polar surface area (TPSA) is 12.0 Å². The van der Waals surface area contributed by atoms with Crippen LogP contribution in [0.4, 0.5) is 0 Å². The quantitative estimate of drug-likeness (QED) is 0.883. The van der Waals surface area contributed by atoms with Crippen molar-refractivity contribution in [2.45, 2.75) is 32.4 Å². The van der Waals surface area contributed by atoms with Crippen LogP contribution in [0.2, 0.25) is 5.02 Å². The molecular formula is C12H15BrClN. The fraction of sp³-hybridized carbons (Fsp3) is 0.500. The molecule has 0 spiro atoms. The maximum Gasteiger partial charge on any atom is 0.0462 e. The highest BCUT2D eigenvalue weighted by molar-refractivity contribution is 9.10. The van der Waals surface area contributed by atoms with Crippen molar-refractivity contribution in [3.8, 4) is 0 Å². The summed E-state index contributed by atoms with van der Waals surface area (Å²) in [6.45, 7) is 3.12. The molecule has 0 aromatic heterocycles. The maximum absolute atomic E-state index is 6.14. The fourth-order valence-electron chi connectivity index (χ4n) is 1.70. The molecular weight excluding hydrogens is 273 g/mol. The molecule has 0 saturated heterocycles. The zero-order valence-electron chi connectivity index (χ0n) is 8.76. The van der Waals surface area contributed by atoms with Crippen LogP contribution < -0.4 is 5.32 Å². The number of hydrogen-bond acceptors (Lipinski definition) is 1. The van der Waals surface area contributed by atoms with Crippen molar-refractivity contribution < 1.29 is 0 Å². The zero-order chi connectivity index (χ0) is 10.8. The highest BCUT2D eigenvalue weighted by atomic mass is 79.9. The Hall–Kier alpha value is -0.0500. The van der Waals surface area contributed by atoms with Gasteiger partial charge in [0.05, 0.1) is 0 Å². The third-order valence-electron chi connectivity index (χ3n) is 2.96. The number of benzene rings is 1. The Labute approximate surface area is 104 Å². The minimum absolute atomic E-state index is 0.615. The number of rotatable bonds is 4. The molecule has 1 saturated carbocycles. The van der Waals surface area contributed by atoms with Gasteiger partial charge < -0.3 is 5.32 Å². The molecule has 0 radical (unpaired) electrons. The molecule has 15 heavy (non-hydrogen) atoms. The summed E-state index contributed by atoms with van der Waals surface area (Å²) in [4.78, 5) is 0. The fourth-order valence-corrected chi connectivity index (χ4v) is 2.44. The third-order valence-corrected chi connectivity index (χ3v) is 3.80. The molecule has 1 fully saturated rings. The highest BCUT2D eigenvalue weighted by Crippen LogP contribution is 2.32. The van der Waals surface area contributed by atoms with E-state index in [1.165, 1.54) is 18.4 Å². The summed E-state index contributed by atoms with van der Waals surface area (Å²) >= 11 is 9.54. The van der Waals surface area contributed by atoms with E-state index in [2.05, 4.69) is 34.2 Å². The minimum Gasteiger partial charge on any atom is -0.310 e. The van der Waals surface area contributed by atoms with Crippen LogP contribution in [0.3, 0.4) is 0 Å². The Morgan fingerprint density at radius 1 is 1.53 bits per heavy atom. The van der Waals surface area contributed by atoms with E-state index in [-0.39, 0.29) is 0 Å². The molecule has 1 aromatic carbocycles.